The third kappa shape index (κ3) is 5.12. The molecule has 2 aromatic heterocycles. The molecule has 3 heterocycles. The molecule has 1 saturated carbocycles. The van der Waals surface area contributed by atoms with Crippen molar-refractivity contribution >= 4 is 33.9 Å². The van der Waals surface area contributed by atoms with E-state index in [2.05, 4.69) is 21.0 Å². The number of aromatic nitrogens is 2. The Hall–Kier alpha value is -1.37. The largest absolute Gasteiger partial charge is 0.381 e. The predicted molar refractivity (Wildman–Crippen MR) is 113 cm³/mol. The van der Waals surface area contributed by atoms with Gasteiger partial charge in [0.05, 0.1) is 10.7 Å². The molecule has 146 valence electrons. The van der Waals surface area contributed by atoms with Gasteiger partial charge in [-0.2, -0.15) is 0 Å². The van der Waals surface area contributed by atoms with Crippen LogP contribution < -0.4 is 10.6 Å². The molecule has 0 aromatic carbocycles. The zero-order chi connectivity index (χ0) is 18.5. The summed E-state index contributed by atoms with van der Waals surface area (Å²) in [6.45, 7) is 2.70. The lowest BCUT2D eigenvalue weighted by molar-refractivity contribution is 0.0699. The van der Waals surface area contributed by atoms with Crippen molar-refractivity contribution in [3.05, 3.63) is 22.7 Å². The maximum absolute atomic E-state index is 6.42. The van der Waals surface area contributed by atoms with E-state index < -0.39 is 0 Å². The van der Waals surface area contributed by atoms with Crippen LogP contribution in [-0.2, 0) is 4.74 Å². The van der Waals surface area contributed by atoms with Gasteiger partial charge in [-0.3, -0.25) is 0 Å². The molecule has 0 amide bonds. The number of hydrogen-bond donors (Lipinski definition) is 2. The van der Waals surface area contributed by atoms with Crippen molar-refractivity contribution in [1.82, 2.24) is 9.97 Å². The summed E-state index contributed by atoms with van der Waals surface area (Å²) < 4.78 is 5.43. The fourth-order valence-corrected chi connectivity index (χ4v) is 4.75. The van der Waals surface area contributed by atoms with Crippen LogP contribution in [0, 0.1) is 5.92 Å². The molecule has 2 aliphatic rings. The van der Waals surface area contributed by atoms with Crippen molar-refractivity contribution < 1.29 is 4.74 Å². The van der Waals surface area contributed by atoms with E-state index in [0.29, 0.717) is 17.0 Å². The van der Waals surface area contributed by atoms with Gasteiger partial charge in [0.25, 0.3) is 0 Å². The highest BCUT2D eigenvalue weighted by atomic mass is 35.5. The van der Waals surface area contributed by atoms with E-state index in [-0.39, 0.29) is 0 Å². The van der Waals surface area contributed by atoms with E-state index in [1.54, 1.807) is 17.5 Å². The first kappa shape index (κ1) is 19.0. The lowest BCUT2D eigenvalue weighted by Crippen LogP contribution is -2.22. The number of ether oxygens (including phenoxy) is 1. The average molecular weight is 407 g/mol. The minimum atomic E-state index is 0.521. The number of nitrogens with one attached hydrogen (secondary N) is 2. The molecule has 0 unspecified atom stereocenters. The molecule has 1 aliphatic carbocycles. The van der Waals surface area contributed by atoms with Crippen LogP contribution in [0.1, 0.15) is 44.9 Å². The van der Waals surface area contributed by atoms with Gasteiger partial charge in [0.1, 0.15) is 5.82 Å². The molecule has 7 heteroatoms. The van der Waals surface area contributed by atoms with Gasteiger partial charge in [0.15, 0.2) is 5.13 Å². The van der Waals surface area contributed by atoms with Gasteiger partial charge < -0.3 is 15.4 Å². The number of nitrogens with zero attached hydrogens (tertiary/aromatic N) is 2. The molecule has 4 rings (SSSR count). The molecule has 5 nitrogen and oxygen atoms in total. The van der Waals surface area contributed by atoms with Crippen LogP contribution in [0.3, 0.4) is 0 Å². The van der Waals surface area contributed by atoms with Crippen molar-refractivity contribution in [2.75, 3.05) is 30.4 Å². The van der Waals surface area contributed by atoms with Crippen molar-refractivity contribution in [3.63, 3.8) is 0 Å². The second-order valence-electron chi connectivity index (χ2n) is 7.50. The lowest BCUT2D eigenvalue weighted by Gasteiger charge is -2.23. The number of halogens is 1. The zero-order valence-corrected chi connectivity index (χ0v) is 17.1. The number of anilines is 2. The van der Waals surface area contributed by atoms with Crippen LogP contribution in [0.25, 0.3) is 11.3 Å². The Labute approximate surface area is 169 Å². The first-order valence-corrected chi connectivity index (χ1v) is 11.2. The Morgan fingerprint density at radius 3 is 2.78 bits per heavy atom. The van der Waals surface area contributed by atoms with E-state index in [1.807, 2.05) is 6.07 Å². The third-order valence-electron chi connectivity index (χ3n) is 5.48. The summed E-state index contributed by atoms with van der Waals surface area (Å²) in [7, 11) is 0. The quantitative estimate of drug-likeness (QED) is 0.668. The van der Waals surface area contributed by atoms with E-state index >= 15 is 0 Å². The monoisotopic (exact) mass is 406 g/mol. The molecule has 2 fully saturated rings. The summed E-state index contributed by atoms with van der Waals surface area (Å²) in [6, 6.07) is 2.56. The molecule has 27 heavy (non-hydrogen) atoms. The van der Waals surface area contributed by atoms with Crippen LogP contribution in [0.2, 0.25) is 5.02 Å². The van der Waals surface area contributed by atoms with Gasteiger partial charge in [-0.25, -0.2) is 9.97 Å². The van der Waals surface area contributed by atoms with Crippen LogP contribution in [0.15, 0.2) is 17.6 Å². The number of rotatable bonds is 6. The third-order valence-corrected chi connectivity index (χ3v) is 6.58. The van der Waals surface area contributed by atoms with Gasteiger partial charge >= 0.3 is 0 Å². The van der Waals surface area contributed by atoms with Crippen LogP contribution in [0.4, 0.5) is 10.9 Å². The van der Waals surface area contributed by atoms with Crippen LogP contribution >= 0.6 is 22.9 Å². The molecule has 2 N–H and O–H groups in total. The SMILES string of the molecule is Clc1cnc(NC2CCCCC2)cc1-c1csc(NCC2CCOCC2)n1. The summed E-state index contributed by atoms with van der Waals surface area (Å²) >= 11 is 8.05. The Morgan fingerprint density at radius 2 is 1.96 bits per heavy atom. The van der Waals surface area contributed by atoms with Crippen molar-refractivity contribution in [1.29, 1.82) is 0 Å². The first-order chi connectivity index (χ1) is 13.3. The summed E-state index contributed by atoms with van der Waals surface area (Å²) in [4.78, 5) is 9.22. The summed E-state index contributed by atoms with van der Waals surface area (Å²) in [5.74, 6) is 1.56. The lowest BCUT2D eigenvalue weighted by atomic mass is 9.95. The summed E-state index contributed by atoms with van der Waals surface area (Å²) in [6.07, 6.45) is 10.4. The molecular weight excluding hydrogens is 380 g/mol. The molecule has 1 saturated heterocycles. The fraction of sp³-hybridized carbons (Fsp3) is 0.600. The average Bonchev–Trinajstić information content (AvgIpc) is 3.18. The molecule has 0 spiro atoms. The topological polar surface area (TPSA) is 59.1 Å². The molecule has 0 radical (unpaired) electrons. The highest BCUT2D eigenvalue weighted by Gasteiger charge is 2.17. The minimum absolute atomic E-state index is 0.521. The van der Waals surface area contributed by atoms with Gasteiger partial charge in [0, 0.05) is 42.9 Å². The zero-order valence-electron chi connectivity index (χ0n) is 15.5. The van der Waals surface area contributed by atoms with E-state index in [9.17, 15) is 0 Å². The van der Waals surface area contributed by atoms with E-state index in [4.69, 9.17) is 21.3 Å². The number of hydrogen-bond acceptors (Lipinski definition) is 6. The predicted octanol–water partition coefficient (Wildman–Crippen LogP) is 5.44. The van der Waals surface area contributed by atoms with Gasteiger partial charge in [0.2, 0.25) is 0 Å². The van der Waals surface area contributed by atoms with Gasteiger partial charge in [-0.05, 0) is 37.7 Å². The minimum Gasteiger partial charge on any atom is -0.381 e. The van der Waals surface area contributed by atoms with Crippen molar-refractivity contribution in [3.8, 4) is 11.3 Å². The summed E-state index contributed by atoms with van der Waals surface area (Å²) in [5.41, 5.74) is 1.86. The Kier molecular flexibility index (Phi) is 6.47. The molecule has 2 aromatic rings. The molecule has 0 bridgehead atoms. The highest BCUT2D eigenvalue weighted by molar-refractivity contribution is 7.14. The Morgan fingerprint density at radius 1 is 1.15 bits per heavy atom. The Bertz CT molecular complexity index is 741. The Balaban J connectivity index is 1.41. The standard InChI is InChI=1S/C20H27ClN4OS/c21-17-12-22-19(24-15-4-2-1-3-5-15)10-16(17)18-13-27-20(25-18)23-11-14-6-8-26-9-7-14/h10,12-15H,1-9,11H2,(H,22,24)(H,23,25). The van der Waals surface area contributed by atoms with Gasteiger partial charge in [-0.15, -0.1) is 11.3 Å². The van der Waals surface area contributed by atoms with E-state index in [0.717, 1.165) is 54.8 Å². The second-order valence-corrected chi connectivity index (χ2v) is 8.77. The second kappa shape index (κ2) is 9.22. The smallest absolute Gasteiger partial charge is 0.183 e. The summed E-state index contributed by atoms with van der Waals surface area (Å²) in [5, 5.41) is 10.7. The van der Waals surface area contributed by atoms with Crippen molar-refractivity contribution in [2.45, 2.75) is 51.0 Å². The van der Waals surface area contributed by atoms with Crippen molar-refractivity contribution in [2.24, 2.45) is 5.92 Å². The maximum atomic E-state index is 6.42. The van der Waals surface area contributed by atoms with E-state index in [1.165, 1.54) is 32.1 Å². The molecule has 0 atom stereocenters. The first-order valence-electron chi connectivity index (χ1n) is 9.97. The van der Waals surface area contributed by atoms with Crippen LogP contribution in [0.5, 0.6) is 0 Å². The highest BCUT2D eigenvalue weighted by Crippen LogP contribution is 2.32. The number of thiazole rings is 1. The molecule has 1 aliphatic heterocycles. The number of pyridine rings is 1. The fourth-order valence-electron chi connectivity index (χ4n) is 3.83. The van der Waals surface area contributed by atoms with Gasteiger partial charge in [-0.1, -0.05) is 30.9 Å². The van der Waals surface area contributed by atoms with Crippen LogP contribution in [-0.4, -0.2) is 35.8 Å². The molecular formula is C20H27ClN4OS. The normalized spacial score (nSPS) is 19.1. The maximum Gasteiger partial charge on any atom is 0.183 e.